The molecule has 1 atom stereocenters. The highest BCUT2D eigenvalue weighted by Gasteiger charge is 2.11. The third-order valence-corrected chi connectivity index (χ3v) is 3.12. The van der Waals surface area contributed by atoms with Gasteiger partial charge in [0.2, 0.25) is 0 Å². The first-order valence-corrected chi connectivity index (χ1v) is 7.01. The van der Waals surface area contributed by atoms with Crippen molar-refractivity contribution in [3.63, 3.8) is 0 Å². The smallest absolute Gasteiger partial charge is 0.0705 e. The van der Waals surface area contributed by atoms with Crippen molar-refractivity contribution in [3.05, 3.63) is 42.1 Å². The molecular formula is C16H22N2O. The monoisotopic (exact) mass is 258 g/mol. The zero-order valence-corrected chi connectivity index (χ0v) is 11.7. The number of likely N-dealkylation sites (N-methyl/N-ethyl adjacent to an activating group) is 1. The molecule has 0 saturated heterocycles. The average molecular weight is 258 g/mol. The number of nitrogens with one attached hydrogen (secondary N) is 1. The van der Waals surface area contributed by atoms with E-state index in [4.69, 9.17) is 4.74 Å². The van der Waals surface area contributed by atoms with Crippen molar-refractivity contribution in [3.8, 4) is 0 Å². The Balaban J connectivity index is 2.17. The quantitative estimate of drug-likeness (QED) is 0.774. The van der Waals surface area contributed by atoms with Crippen LogP contribution < -0.4 is 5.32 Å². The summed E-state index contributed by atoms with van der Waals surface area (Å²) in [5.41, 5.74) is 2.28. The highest BCUT2D eigenvalue weighted by atomic mass is 16.5. The number of fused-ring (bicyclic) bond motifs is 1. The van der Waals surface area contributed by atoms with Crippen molar-refractivity contribution in [2.45, 2.75) is 26.3 Å². The first-order valence-electron chi connectivity index (χ1n) is 7.01. The van der Waals surface area contributed by atoms with Crippen LogP contribution in [0.2, 0.25) is 0 Å². The molecular weight excluding hydrogens is 236 g/mol. The fourth-order valence-electron chi connectivity index (χ4n) is 2.17. The van der Waals surface area contributed by atoms with Crippen LogP contribution in [0.15, 0.2) is 36.5 Å². The summed E-state index contributed by atoms with van der Waals surface area (Å²) in [4.78, 5) is 4.41. The van der Waals surface area contributed by atoms with Gasteiger partial charge in [0.15, 0.2) is 0 Å². The second kappa shape index (κ2) is 7.22. The van der Waals surface area contributed by atoms with Gasteiger partial charge in [0.25, 0.3) is 0 Å². The molecule has 0 saturated carbocycles. The van der Waals surface area contributed by atoms with Crippen molar-refractivity contribution >= 4 is 10.9 Å². The van der Waals surface area contributed by atoms with E-state index in [0.29, 0.717) is 6.61 Å². The van der Waals surface area contributed by atoms with Crippen LogP contribution in [0.4, 0.5) is 0 Å². The lowest BCUT2D eigenvalue weighted by molar-refractivity contribution is 0.112. The zero-order valence-electron chi connectivity index (χ0n) is 11.7. The number of rotatable bonds is 7. The van der Waals surface area contributed by atoms with Gasteiger partial charge in [0, 0.05) is 18.2 Å². The predicted molar refractivity (Wildman–Crippen MR) is 79.3 cm³/mol. The van der Waals surface area contributed by atoms with E-state index in [-0.39, 0.29) is 6.04 Å². The van der Waals surface area contributed by atoms with E-state index in [9.17, 15) is 0 Å². The molecule has 102 valence electrons. The molecule has 19 heavy (non-hydrogen) atoms. The molecule has 1 aromatic carbocycles. The lowest BCUT2D eigenvalue weighted by atomic mass is 10.0. The molecule has 3 nitrogen and oxygen atoms in total. The SMILES string of the molecule is CCCOCC(NCC)c1ccc2cccnc2c1. The normalized spacial score (nSPS) is 12.7. The number of hydrogen-bond donors (Lipinski definition) is 1. The zero-order chi connectivity index (χ0) is 13.5. The van der Waals surface area contributed by atoms with Gasteiger partial charge in [-0.1, -0.05) is 32.0 Å². The van der Waals surface area contributed by atoms with E-state index in [2.05, 4.69) is 48.4 Å². The Labute approximate surface area is 115 Å². The molecule has 0 aliphatic rings. The van der Waals surface area contributed by atoms with Crippen LogP contribution >= 0.6 is 0 Å². The summed E-state index contributed by atoms with van der Waals surface area (Å²) in [6.07, 6.45) is 2.89. The fraction of sp³-hybridized carbons (Fsp3) is 0.438. The summed E-state index contributed by atoms with van der Waals surface area (Å²) < 4.78 is 5.68. The minimum absolute atomic E-state index is 0.239. The van der Waals surface area contributed by atoms with Gasteiger partial charge in [-0.3, -0.25) is 4.98 Å². The second-order valence-corrected chi connectivity index (χ2v) is 4.64. The lowest BCUT2D eigenvalue weighted by Crippen LogP contribution is -2.25. The number of ether oxygens (including phenoxy) is 1. The van der Waals surface area contributed by atoms with Gasteiger partial charge in [0.05, 0.1) is 18.2 Å². The Morgan fingerprint density at radius 3 is 2.95 bits per heavy atom. The number of aromatic nitrogens is 1. The Hall–Kier alpha value is -1.45. The largest absolute Gasteiger partial charge is 0.379 e. The van der Waals surface area contributed by atoms with Gasteiger partial charge in [-0.05, 0) is 30.7 Å². The molecule has 2 rings (SSSR count). The van der Waals surface area contributed by atoms with Crippen LogP contribution in [-0.4, -0.2) is 24.7 Å². The molecule has 0 fully saturated rings. The van der Waals surface area contributed by atoms with E-state index in [0.717, 1.165) is 25.1 Å². The van der Waals surface area contributed by atoms with E-state index in [1.807, 2.05) is 12.3 Å². The summed E-state index contributed by atoms with van der Waals surface area (Å²) in [5.74, 6) is 0. The maximum absolute atomic E-state index is 5.68. The summed E-state index contributed by atoms with van der Waals surface area (Å²) in [6.45, 7) is 6.70. The Bertz CT molecular complexity index is 513. The first-order chi connectivity index (χ1) is 9.35. The van der Waals surface area contributed by atoms with Gasteiger partial charge in [-0.15, -0.1) is 0 Å². The Kier molecular flexibility index (Phi) is 5.31. The summed E-state index contributed by atoms with van der Waals surface area (Å²) >= 11 is 0. The van der Waals surface area contributed by atoms with Gasteiger partial charge in [-0.2, -0.15) is 0 Å². The van der Waals surface area contributed by atoms with Crippen LogP contribution in [0.1, 0.15) is 31.9 Å². The van der Waals surface area contributed by atoms with Crippen LogP contribution in [0.3, 0.4) is 0 Å². The molecule has 3 heteroatoms. The maximum Gasteiger partial charge on any atom is 0.0705 e. The van der Waals surface area contributed by atoms with Gasteiger partial charge in [-0.25, -0.2) is 0 Å². The predicted octanol–water partition coefficient (Wildman–Crippen LogP) is 3.31. The van der Waals surface area contributed by atoms with Crippen LogP contribution in [-0.2, 0) is 4.74 Å². The van der Waals surface area contributed by atoms with E-state index in [1.165, 1.54) is 10.9 Å². The maximum atomic E-state index is 5.68. The third-order valence-electron chi connectivity index (χ3n) is 3.12. The molecule has 0 spiro atoms. The second-order valence-electron chi connectivity index (χ2n) is 4.64. The summed E-state index contributed by atoms with van der Waals surface area (Å²) in [6, 6.07) is 10.7. The molecule has 1 unspecified atom stereocenters. The van der Waals surface area contributed by atoms with E-state index < -0.39 is 0 Å². The number of pyridine rings is 1. The molecule has 0 amide bonds. The van der Waals surface area contributed by atoms with Crippen molar-refractivity contribution in [2.75, 3.05) is 19.8 Å². The van der Waals surface area contributed by atoms with Gasteiger partial charge >= 0.3 is 0 Å². The van der Waals surface area contributed by atoms with E-state index in [1.54, 1.807) is 0 Å². The molecule has 2 aromatic rings. The minimum atomic E-state index is 0.239. The Morgan fingerprint density at radius 2 is 2.16 bits per heavy atom. The van der Waals surface area contributed by atoms with Crippen molar-refractivity contribution < 1.29 is 4.74 Å². The van der Waals surface area contributed by atoms with Gasteiger partial charge < -0.3 is 10.1 Å². The first kappa shape index (κ1) is 14.0. The third kappa shape index (κ3) is 3.75. The molecule has 1 heterocycles. The average Bonchev–Trinajstić information content (AvgIpc) is 2.46. The molecule has 0 bridgehead atoms. The van der Waals surface area contributed by atoms with E-state index >= 15 is 0 Å². The molecule has 1 N–H and O–H groups in total. The molecule has 0 aliphatic heterocycles. The van der Waals surface area contributed by atoms with Crippen LogP contribution in [0.5, 0.6) is 0 Å². The standard InChI is InChI=1S/C16H22N2O/c1-3-10-19-12-16(17-4-2)14-8-7-13-6-5-9-18-15(13)11-14/h5-9,11,16-17H,3-4,10,12H2,1-2H3. The topological polar surface area (TPSA) is 34.1 Å². The molecule has 0 radical (unpaired) electrons. The minimum Gasteiger partial charge on any atom is -0.379 e. The Morgan fingerprint density at radius 1 is 1.26 bits per heavy atom. The van der Waals surface area contributed by atoms with Gasteiger partial charge in [0.1, 0.15) is 0 Å². The summed E-state index contributed by atoms with van der Waals surface area (Å²) in [5, 5.41) is 4.65. The molecule has 0 aliphatic carbocycles. The van der Waals surface area contributed by atoms with Crippen molar-refractivity contribution in [1.29, 1.82) is 0 Å². The lowest BCUT2D eigenvalue weighted by Gasteiger charge is -2.18. The van der Waals surface area contributed by atoms with Crippen molar-refractivity contribution in [1.82, 2.24) is 10.3 Å². The fourth-order valence-corrected chi connectivity index (χ4v) is 2.17. The van der Waals surface area contributed by atoms with Crippen LogP contribution in [0.25, 0.3) is 10.9 Å². The number of hydrogen-bond acceptors (Lipinski definition) is 3. The van der Waals surface area contributed by atoms with Crippen molar-refractivity contribution in [2.24, 2.45) is 0 Å². The number of nitrogens with zero attached hydrogens (tertiary/aromatic N) is 1. The number of benzene rings is 1. The van der Waals surface area contributed by atoms with Crippen LogP contribution in [0, 0.1) is 0 Å². The highest BCUT2D eigenvalue weighted by Crippen LogP contribution is 2.19. The summed E-state index contributed by atoms with van der Waals surface area (Å²) in [7, 11) is 0. The highest BCUT2D eigenvalue weighted by molar-refractivity contribution is 5.78. The molecule has 1 aromatic heterocycles.